The molecule has 0 N–H and O–H groups in total. The number of likely N-dealkylation sites (N-methyl/N-ethyl adjacent to an activating group) is 1. The van der Waals surface area contributed by atoms with E-state index >= 15 is 0 Å². The molecule has 0 aliphatic heterocycles. The van der Waals surface area contributed by atoms with E-state index in [4.69, 9.17) is 0 Å². The number of nitrogens with zero attached hydrogens (tertiary/aromatic N) is 1. The number of carbonyl (C=O) groups is 2. The van der Waals surface area contributed by atoms with Crippen LogP contribution in [0.2, 0.25) is 0 Å². The second-order valence-electron chi connectivity index (χ2n) is 2.18. The van der Waals surface area contributed by atoms with Crippen molar-refractivity contribution in [2.75, 3.05) is 6.54 Å². The second kappa shape index (κ2) is 4.04. The Bertz CT molecular complexity index is 134. The third-order valence-corrected chi connectivity index (χ3v) is 1.43. The van der Waals surface area contributed by atoms with Crippen LogP contribution in [0.1, 0.15) is 20.8 Å². The number of amides is 1. The fourth-order valence-corrected chi connectivity index (χ4v) is 0.871. The van der Waals surface area contributed by atoms with Gasteiger partial charge in [-0.2, -0.15) is 0 Å². The van der Waals surface area contributed by atoms with Crippen LogP contribution >= 0.6 is 0 Å². The van der Waals surface area contributed by atoms with Crippen molar-refractivity contribution >= 4 is 12.2 Å². The molecule has 0 aliphatic rings. The van der Waals surface area contributed by atoms with Crippen molar-refractivity contribution in [3.05, 3.63) is 0 Å². The van der Waals surface area contributed by atoms with Gasteiger partial charge >= 0.3 is 0 Å². The van der Waals surface area contributed by atoms with Gasteiger partial charge in [-0.05, 0) is 13.8 Å². The first-order valence-corrected chi connectivity index (χ1v) is 3.36. The van der Waals surface area contributed by atoms with Crippen molar-refractivity contribution in [3.8, 4) is 0 Å². The monoisotopic (exact) mass is 143 g/mol. The summed E-state index contributed by atoms with van der Waals surface area (Å²) in [5.41, 5.74) is 0. The molecule has 58 valence electrons. The van der Waals surface area contributed by atoms with Crippen LogP contribution in [0.4, 0.5) is 0 Å². The summed E-state index contributed by atoms with van der Waals surface area (Å²) >= 11 is 0. The van der Waals surface area contributed by atoms with Gasteiger partial charge in [0.2, 0.25) is 5.91 Å². The van der Waals surface area contributed by atoms with Crippen molar-refractivity contribution in [3.63, 3.8) is 0 Å². The molecule has 0 unspecified atom stereocenters. The highest BCUT2D eigenvalue weighted by molar-refractivity contribution is 5.77. The molecule has 0 saturated carbocycles. The minimum Gasteiger partial charge on any atom is -0.334 e. The molecule has 0 bridgehead atoms. The average molecular weight is 143 g/mol. The van der Waals surface area contributed by atoms with E-state index < -0.39 is 0 Å². The number of hydrogen-bond donors (Lipinski definition) is 0. The lowest BCUT2D eigenvalue weighted by atomic mass is 10.3. The molecule has 0 rings (SSSR count). The fourth-order valence-electron chi connectivity index (χ4n) is 0.871. The van der Waals surface area contributed by atoms with E-state index in [9.17, 15) is 9.59 Å². The molecular formula is C7H13NO2. The third-order valence-electron chi connectivity index (χ3n) is 1.43. The highest BCUT2D eigenvalue weighted by Gasteiger charge is 2.12. The Labute approximate surface area is 61.0 Å². The van der Waals surface area contributed by atoms with Crippen molar-refractivity contribution in [2.45, 2.75) is 26.8 Å². The maximum Gasteiger partial charge on any atom is 0.220 e. The summed E-state index contributed by atoms with van der Waals surface area (Å²) in [7, 11) is 0. The van der Waals surface area contributed by atoms with E-state index in [1.807, 2.05) is 6.92 Å². The SMILES string of the molecule is CCN(C(C)=O)[C@@H](C)C=O. The molecule has 10 heavy (non-hydrogen) atoms. The molecule has 0 saturated heterocycles. The van der Waals surface area contributed by atoms with E-state index in [0.29, 0.717) is 6.54 Å². The predicted octanol–water partition coefficient (Wildman–Crippen LogP) is 0.442. The summed E-state index contributed by atoms with van der Waals surface area (Å²) in [6.07, 6.45) is 0.769. The van der Waals surface area contributed by atoms with Crippen LogP contribution in [0.15, 0.2) is 0 Å². The smallest absolute Gasteiger partial charge is 0.220 e. The van der Waals surface area contributed by atoms with Gasteiger partial charge in [0, 0.05) is 13.5 Å². The molecule has 1 amide bonds. The molecule has 0 fully saturated rings. The third kappa shape index (κ3) is 2.17. The molecule has 0 spiro atoms. The van der Waals surface area contributed by atoms with Crippen LogP contribution in [0, 0.1) is 0 Å². The molecule has 0 aromatic carbocycles. The molecule has 0 aromatic heterocycles. The Morgan fingerprint density at radius 2 is 2.20 bits per heavy atom. The normalized spacial score (nSPS) is 12.3. The summed E-state index contributed by atoms with van der Waals surface area (Å²) in [6, 6.07) is -0.289. The van der Waals surface area contributed by atoms with E-state index in [0.717, 1.165) is 6.29 Å². The second-order valence-corrected chi connectivity index (χ2v) is 2.18. The quantitative estimate of drug-likeness (QED) is 0.538. The van der Waals surface area contributed by atoms with Crippen molar-refractivity contribution < 1.29 is 9.59 Å². The van der Waals surface area contributed by atoms with Crippen LogP contribution in [0.3, 0.4) is 0 Å². The first kappa shape index (κ1) is 9.14. The molecule has 3 nitrogen and oxygen atoms in total. The van der Waals surface area contributed by atoms with Crippen molar-refractivity contribution in [1.29, 1.82) is 0 Å². The van der Waals surface area contributed by atoms with Gasteiger partial charge in [0.25, 0.3) is 0 Å². The zero-order chi connectivity index (χ0) is 8.15. The maximum atomic E-state index is 10.7. The van der Waals surface area contributed by atoms with E-state index in [1.165, 1.54) is 11.8 Å². The van der Waals surface area contributed by atoms with Crippen LogP contribution < -0.4 is 0 Å². The molecule has 0 heterocycles. The van der Waals surface area contributed by atoms with Crippen LogP contribution in [0.25, 0.3) is 0 Å². The van der Waals surface area contributed by atoms with Crippen molar-refractivity contribution in [1.82, 2.24) is 4.90 Å². The number of hydrogen-bond acceptors (Lipinski definition) is 2. The highest BCUT2D eigenvalue weighted by Crippen LogP contribution is 1.94. The number of carbonyl (C=O) groups excluding carboxylic acids is 2. The molecule has 1 atom stereocenters. The Balaban J connectivity index is 4.05. The van der Waals surface area contributed by atoms with Gasteiger partial charge in [-0.25, -0.2) is 0 Å². The summed E-state index contributed by atoms with van der Waals surface area (Å²) in [5.74, 6) is -0.0536. The predicted molar refractivity (Wildman–Crippen MR) is 38.6 cm³/mol. The summed E-state index contributed by atoms with van der Waals surface area (Å²) < 4.78 is 0. The van der Waals surface area contributed by atoms with E-state index in [-0.39, 0.29) is 11.9 Å². The minimum atomic E-state index is -0.289. The highest BCUT2D eigenvalue weighted by atomic mass is 16.2. The first-order valence-electron chi connectivity index (χ1n) is 3.36. The van der Waals surface area contributed by atoms with Crippen LogP contribution in [-0.4, -0.2) is 29.7 Å². The lowest BCUT2D eigenvalue weighted by molar-refractivity contribution is -0.133. The molecule has 0 aliphatic carbocycles. The average Bonchev–Trinajstić information content (AvgIpc) is 1.88. The van der Waals surface area contributed by atoms with Gasteiger partial charge in [-0.3, -0.25) is 4.79 Å². The number of aldehydes is 1. The molecule has 0 aromatic rings. The standard InChI is InChI=1S/C7H13NO2/c1-4-8(7(3)10)6(2)5-9/h5-6H,4H2,1-3H3/t6-/m0/s1. The van der Waals surface area contributed by atoms with Gasteiger partial charge in [0.1, 0.15) is 6.29 Å². The lowest BCUT2D eigenvalue weighted by Gasteiger charge is -2.21. The van der Waals surface area contributed by atoms with Crippen LogP contribution in [0.5, 0.6) is 0 Å². The number of rotatable bonds is 3. The molecule has 3 heteroatoms. The summed E-state index contributed by atoms with van der Waals surface area (Å²) in [6.45, 7) is 5.61. The zero-order valence-corrected chi connectivity index (χ0v) is 6.63. The van der Waals surface area contributed by atoms with Gasteiger partial charge < -0.3 is 9.69 Å². The minimum absolute atomic E-state index is 0.0536. The summed E-state index contributed by atoms with van der Waals surface area (Å²) in [4.78, 5) is 22.5. The molecular weight excluding hydrogens is 130 g/mol. The van der Waals surface area contributed by atoms with Crippen molar-refractivity contribution in [2.24, 2.45) is 0 Å². The van der Waals surface area contributed by atoms with Crippen LogP contribution in [-0.2, 0) is 9.59 Å². The maximum absolute atomic E-state index is 10.7. The Hall–Kier alpha value is -0.860. The first-order chi connectivity index (χ1) is 4.63. The summed E-state index contributed by atoms with van der Waals surface area (Å²) in [5, 5.41) is 0. The van der Waals surface area contributed by atoms with Gasteiger partial charge in [0.15, 0.2) is 0 Å². The topological polar surface area (TPSA) is 37.4 Å². The lowest BCUT2D eigenvalue weighted by Crippen LogP contribution is -2.37. The van der Waals surface area contributed by atoms with E-state index in [1.54, 1.807) is 6.92 Å². The van der Waals surface area contributed by atoms with E-state index in [2.05, 4.69) is 0 Å². The fraction of sp³-hybridized carbons (Fsp3) is 0.714. The van der Waals surface area contributed by atoms with Gasteiger partial charge in [0.05, 0.1) is 6.04 Å². The largest absolute Gasteiger partial charge is 0.334 e. The van der Waals surface area contributed by atoms with Gasteiger partial charge in [-0.15, -0.1) is 0 Å². The Morgan fingerprint density at radius 1 is 1.70 bits per heavy atom. The Morgan fingerprint density at radius 3 is 2.30 bits per heavy atom. The molecule has 0 radical (unpaired) electrons. The zero-order valence-electron chi connectivity index (χ0n) is 6.63. The van der Waals surface area contributed by atoms with Gasteiger partial charge in [-0.1, -0.05) is 0 Å². The Kier molecular flexibility index (Phi) is 3.69.